The Hall–Kier alpha value is -3.42. The highest BCUT2D eigenvalue weighted by molar-refractivity contribution is 6.31. The molecule has 0 aliphatic rings. The lowest BCUT2D eigenvalue weighted by Crippen LogP contribution is -2.37. The van der Waals surface area contributed by atoms with E-state index in [0.29, 0.717) is 22.6 Å². The Kier molecular flexibility index (Phi) is 7.00. The van der Waals surface area contributed by atoms with Gasteiger partial charge in [-0.05, 0) is 43.3 Å². The van der Waals surface area contributed by atoms with Crippen LogP contribution in [0.25, 0.3) is 17.4 Å². The average molecular weight is 426 g/mol. The van der Waals surface area contributed by atoms with Crippen LogP contribution < -0.4 is 10.6 Å². The van der Waals surface area contributed by atoms with Crippen molar-refractivity contribution in [1.82, 2.24) is 15.6 Å². The number of carbonyl (C=O) groups excluding carboxylic acids is 2. The number of hydrogen-bond acceptors (Lipinski definition) is 5. The number of aliphatic hydroxyl groups excluding tert-OH is 1. The summed E-state index contributed by atoms with van der Waals surface area (Å²) in [6.07, 6.45) is 2.24. The lowest BCUT2D eigenvalue weighted by molar-refractivity contribution is -0.118. The number of halogens is 1. The number of furan rings is 1. The Morgan fingerprint density at radius 3 is 2.63 bits per heavy atom. The fourth-order valence-corrected chi connectivity index (χ4v) is 2.78. The van der Waals surface area contributed by atoms with Gasteiger partial charge in [-0.2, -0.15) is 0 Å². The SMILES string of the molecule is CC(O)CNC(=O)C(=Cc1ccc(-c2cccnc2Cl)o1)NC(=O)c1ccccc1. The van der Waals surface area contributed by atoms with Gasteiger partial charge in [0.2, 0.25) is 0 Å². The second-order valence-corrected chi connectivity index (χ2v) is 6.84. The molecule has 0 saturated carbocycles. The van der Waals surface area contributed by atoms with Crippen molar-refractivity contribution >= 4 is 29.5 Å². The van der Waals surface area contributed by atoms with Gasteiger partial charge in [0.05, 0.1) is 11.7 Å². The molecule has 0 saturated heterocycles. The smallest absolute Gasteiger partial charge is 0.268 e. The van der Waals surface area contributed by atoms with Gasteiger partial charge in [0.25, 0.3) is 11.8 Å². The van der Waals surface area contributed by atoms with Crippen LogP contribution in [0.2, 0.25) is 5.15 Å². The van der Waals surface area contributed by atoms with Crippen LogP contribution in [0, 0.1) is 0 Å². The van der Waals surface area contributed by atoms with E-state index in [-0.39, 0.29) is 17.4 Å². The summed E-state index contributed by atoms with van der Waals surface area (Å²) in [5.74, 6) is -0.202. The maximum absolute atomic E-state index is 12.6. The molecule has 1 aromatic carbocycles. The minimum Gasteiger partial charge on any atom is -0.457 e. The number of pyridine rings is 1. The zero-order valence-corrected chi connectivity index (χ0v) is 16.9. The first-order chi connectivity index (χ1) is 14.4. The van der Waals surface area contributed by atoms with Crippen molar-refractivity contribution in [3.63, 3.8) is 0 Å². The molecule has 2 amide bonds. The third-order valence-electron chi connectivity index (χ3n) is 4.02. The highest BCUT2D eigenvalue weighted by Gasteiger charge is 2.16. The summed E-state index contributed by atoms with van der Waals surface area (Å²) < 4.78 is 5.76. The lowest BCUT2D eigenvalue weighted by atomic mass is 10.2. The van der Waals surface area contributed by atoms with E-state index in [1.54, 1.807) is 67.7 Å². The molecule has 1 atom stereocenters. The molecule has 3 rings (SSSR count). The molecule has 0 aliphatic carbocycles. The normalized spacial score (nSPS) is 12.3. The summed E-state index contributed by atoms with van der Waals surface area (Å²) in [4.78, 5) is 29.1. The number of hydrogen-bond donors (Lipinski definition) is 3. The maximum atomic E-state index is 12.6. The molecule has 30 heavy (non-hydrogen) atoms. The maximum Gasteiger partial charge on any atom is 0.268 e. The van der Waals surface area contributed by atoms with E-state index in [4.69, 9.17) is 16.0 Å². The van der Waals surface area contributed by atoms with Crippen LogP contribution in [-0.2, 0) is 4.79 Å². The molecule has 3 aromatic rings. The van der Waals surface area contributed by atoms with Gasteiger partial charge in [-0.15, -0.1) is 0 Å². The quantitative estimate of drug-likeness (QED) is 0.398. The van der Waals surface area contributed by atoms with Gasteiger partial charge in [0.15, 0.2) is 0 Å². The topological polar surface area (TPSA) is 104 Å². The lowest BCUT2D eigenvalue weighted by Gasteiger charge is -2.11. The predicted octanol–water partition coefficient (Wildman–Crippen LogP) is 3.26. The fraction of sp³-hybridized carbons (Fsp3) is 0.136. The second-order valence-electron chi connectivity index (χ2n) is 6.48. The van der Waals surface area contributed by atoms with E-state index in [0.717, 1.165) is 0 Å². The number of nitrogens with zero attached hydrogens (tertiary/aromatic N) is 1. The Balaban J connectivity index is 1.87. The van der Waals surface area contributed by atoms with Crippen LogP contribution in [0.3, 0.4) is 0 Å². The van der Waals surface area contributed by atoms with E-state index in [1.807, 2.05) is 0 Å². The number of aromatic nitrogens is 1. The van der Waals surface area contributed by atoms with Crippen molar-refractivity contribution in [2.75, 3.05) is 6.54 Å². The third kappa shape index (κ3) is 5.56. The van der Waals surface area contributed by atoms with Gasteiger partial charge in [-0.25, -0.2) is 4.98 Å². The summed E-state index contributed by atoms with van der Waals surface area (Å²) in [6.45, 7) is 1.58. The molecule has 0 aliphatic heterocycles. The minimum absolute atomic E-state index is 0.0253. The number of carbonyl (C=O) groups is 2. The number of benzene rings is 1. The average Bonchev–Trinajstić information content (AvgIpc) is 3.20. The standard InChI is InChI=1S/C22H20ClN3O4/c1-14(27)13-25-22(29)18(26-21(28)15-6-3-2-4-7-15)12-16-9-10-19(30-16)17-8-5-11-24-20(17)23/h2-12,14,27H,13H2,1H3,(H,25,29)(H,26,28). The zero-order chi connectivity index (χ0) is 21.5. The zero-order valence-electron chi connectivity index (χ0n) is 16.1. The first-order valence-electron chi connectivity index (χ1n) is 9.19. The molecule has 2 aromatic heterocycles. The largest absolute Gasteiger partial charge is 0.457 e. The number of amides is 2. The Bertz CT molecular complexity index is 1060. The first kappa shape index (κ1) is 21.3. The van der Waals surface area contributed by atoms with Crippen molar-refractivity contribution in [3.8, 4) is 11.3 Å². The van der Waals surface area contributed by atoms with Crippen LogP contribution >= 0.6 is 11.6 Å². The van der Waals surface area contributed by atoms with E-state index in [2.05, 4.69) is 15.6 Å². The Labute approximate surface area is 178 Å². The molecule has 1 unspecified atom stereocenters. The highest BCUT2D eigenvalue weighted by Crippen LogP contribution is 2.28. The van der Waals surface area contributed by atoms with Gasteiger partial charge >= 0.3 is 0 Å². The van der Waals surface area contributed by atoms with Crippen LogP contribution in [-0.4, -0.2) is 34.6 Å². The van der Waals surface area contributed by atoms with Crippen LogP contribution in [0.1, 0.15) is 23.0 Å². The molecule has 0 fully saturated rings. The Morgan fingerprint density at radius 2 is 1.93 bits per heavy atom. The van der Waals surface area contributed by atoms with Crippen LogP contribution in [0.5, 0.6) is 0 Å². The summed E-state index contributed by atoms with van der Waals surface area (Å²) in [5, 5.41) is 14.9. The number of nitrogens with one attached hydrogen (secondary N) is 2. The third-order valence-corrected chi connectivity index (χ3v) is 4.33. The number of rotatable bonds is 7. The van der Waals surface area contributed by atoms with Crippen molar-refractivity contribution < 1.29 is 19.1 Å². The molecule has 0 radical (unpaired) electrons. The van der Waals surface area contributed by atoms with Crippen molar-refractivity contribution in [3.05, 3.63) is 83.0 Å². The molecule has 3 N–H and O–H groups in total. The monoisotopic (exact) mass is 425 g/mol. The first-order valence-corrected chi connectivity index (χ1v) is 9.57. The van der Waals surface area contributed by atoms with Crippen molar-refractivity contribution in [1.29, 1.82) is 0 Å². The molecule has 2 heterocycles. The molecule has 0 spiro atoms. The summed E-state index contributed by atoms with van der Waals surface area (Å²) in [5.41, 5.74) is 0.976. The minimum atomic E-state index is -0.733. The van der Waals surface area contributed by atoms with Crippen LogP contribution in [0.15, 0.2) is 70.9 Å². The predicted molar refractivity (Wildman–Crippen MR) is 114 cm³/mol. The Morgan fingerprint density at radius 1 is 1.17 bits per heavy atom. The molecular weight excluding hydrogens is 406 g/mol. The van der Waals surface area contributed by atoms with Crippen molar-refractivity contribution in [2.45, 2.75) is 13.0 Å². The molecule has 7 nitrogen and oxygen atoms in total. The van der Waals surface area contributed by atoms with E-state index in [9.17, 15) is 14.7 Å². The number of aliphatic hydroxyl groups is 1. The molecule has 154 valence electrons. The molecule has 8 heteroatoms. The van der Waals surface area contributed by atoms with Crippen LogP contribution in [0.4, 0.5) is 0 Å². The van der Waals surface area contributed by atoms with E-state index in [1.165, 1.54) is 6.08 Å². The van der Waals surface area contributed by atoms with Gasteiger partial charge in [-0.1, -0.05) is 29.8 Å². The molecule has 0 bridgehead atoms. The summed E-state index contributed by atoms with van der Waals surface area (Å²) in [7, 11) is 0. The summed E-state index contributed by atoms with van der Waals surface area (Å²) >= 11 is 6.10. The van der Waals surface area contributed by atoms with Gasteiger partial charge in [0, 0.05) is 24.4 Å². The van der Waals surface area contributed by atoms with Crippen molar-refractivity contribution in [2.24, 2.45) is 0 Å². The van der Waals surface area contributed by atoms with Gasteiger partial charge in [-0.3, -0.25) is 9.59 Å². The fourth-order valence-electron chi connectivity index (χ4n) is 2.57. The van der Waals surface area contributed by atoms with E-state index < -0.39 is 17.9 Å². The van der Waals surface area contributed by atoms with E-state index >= 15 is 0 Å². The second kappa shape index (κ2) is 9.87. The molecular formula is C22H20ClN3O4. The van der Waals surface area contributed by atoms with Gasteiger partial charge < -0.3 is 20.2 Å². The van der Waals surface area contributed by atoms with Gasteiger partial charge in [0.1, 0.15) is 22.4 Å². The highest BCUT2D eigenvalue weighted by atomic mass is 35.5. The summed E-state index contributed by atoms with van der Waals surface area (Å²) in [6, 6.07) is 15.3.